The van der Waals surface area contributed by atoms with Crippen molar-refractivity contribution in [1.29, 1.82) is 0 Å². The van der Waals surface area contributed by atoms with Crippen molar-refractivity contribution in [2.45, 2.75) is 45.1 Å². The third-order valence-corrected chi connectivity index (χ3v) is 3.91. The van der Waals surface area contributed by atoms with Crippen molar-refractivity contribution < 1.29 is 9.21 Å². The molecule has 4 heteroatoms. The van der Waals surface area contributed by atoms with E-state index in [1.54, 1.807) is 6.07 Å². The normalized spacial score (nSPS) is 24.6. The van der Waals surface area contributed by atoms with E-state index in [2.05, 4.69) is 12.2 Å². The zero-order chi connectivity index (χ0) is 12.3. The monoisotopic (exact) mass is 255 g/mol. The zero-order valence-corrected chi connectivity index (χ0v) is 10.8. The second kappa shape index (κ2) is 5.58. The van der Waals surface area contributed by atoms with Crippen LogP contribution in [0.3, 0.4) is 0 Å². The van der Waals surface area contributed by atoms with Gasteiger partial charge in [0.25, 0.3) is 5.91 Å². The van der Waals surface area contributed by atoms with Crippen LogP contribution in [0.4, 0.5) is 0 Å². The topological polar surface area (TPSA) is 42.2 Å². The molecule has 0 radical (unpaired) electrons. The van der Waals surface area contributed by atoms with Crippen molar-refractivity contribution in [3.63, 3.8) is 0 Å². The van der Waals surface area contributed by atoms with Gasteiger partial charge >= 0.3 is 0 Å². The number of rotatable bonds is 3. The summed E-state index contributed by atoms with van der Waals surface area (Å²) in [6.07, 6.45) is 7.30. The lowest BCUT2D eigenvalue weighted by atomic mass is 9.83. The number of amides is 1. The van der Waals surface area contributed by atoms with E-state index in [0.717, 1.165) is 12.8 Å². The molecule has 0 spiro atoms. The molecule has 1 aliphatic rings. The number of carbonyl (C=O) groups excluding carboxylic acids is 1. The van der Waals surface area contributed by atoms with Crippen molar-refractivity contribution in [2.75, 3.05) is 0 Å². The number of nitrogens with one attached hydrogen (secondary N) is 1. The summed E-state index contributed by atoms with van der Waals surface area (Å²) in [5, 5.41) is 3.25. The van der Waals surface area contributed by atoms with Crippen LogP contribution in [0.5, 0.6) is 0 Å². The number of halogens is 1. The Bertz CT molecular complexity index is 389. The Morgan fingerprint density at radius 1 is 1.53 bits per heavy atom. The average Bonchev–Trinajstić information content (AvgIpc) is 2.76. The van der Waals surface area contributed by atoms with Crippen molar-refractivity contribution in [2.24, 2.45) is 5.92 Å². The highest BCUT2D eigenvalue weighted by Crippen LogP contribution is 2.27. The van der Waals surface area contributed by atoms with Crippen LogP contribution in [0.2, 0.25) is 5.22 Å². The lowest BCUT2D eigenvalue weighted by molar-refractivity contribution is 0.0904. The van der Waals surface area contributed by atoms with Gasteiger partial charge in [-0.1, -0.05) is 26.2 Å². The fraction of sp³-hybridized carbons (Fsp3) is 0.615. The third kappa shape index (κ3) is 2.83. The summed E-state index contributed by atoms with van der Waals surface area (Å²) in [5.41, 5.74) is 0.437. The van der Waals surface area contributed by atoms with Gasteiger partial charge < -0.3 is 9.73 Å². The van der Waals surface area contributed by atoms with Gasteiger partial charge in [-0.3, -0.25) is 4.79 Å². The van der Waals surface area contributed by atoms with Crippen LogP contribution in [0.25, 0.3) is 0 Å². The molecule has 3 nitrogen and oxygen atoms in total. The lowest BCUT2D eigenvalue weighted by Gasteiger charge is -2.31. The highest BCUT2D eigenvalue weighted by atomic mass is 35.5. The number of carbonyl (C=O) groups is 1. The van der Waals surface area contributed by atoms with Gasteiger partial charge in [-0.2, -0.15) is 0 Å². The zero-order valence-electron chi connectivity index (χ0n) is 10.0. The van der Waals surface area contributed by atoms with Crippen molar-refractivity contribution in [1.82, 2.24) is 5.32 Å². The minimum Gasteiger partial charge on any atom is -0.452 e. The van der Waals surface area contributed by atoms with Gasteiger partial charge in [0.05, 0.1) is 11.8 Å². The van der Waals surface area contributed by atoms with Gasteiger partial charge in [-0.25, -0.2) is 0 Å². The molecule has 2 atom stereocenters. The van der Waals surface area contributed by atoms with E-state index in [0.29, 0.717) is 11.5 Å². The minimum absolute atomic E-state index is 0.117. The largest absolute Gasteiger partial charge is 0.452 e. The first kappa shape index (κ1) is 12.5. The fourth-order valence-corrected chi connectivity index (χ4v) is 2.79. The number of furan rings is 1. The van der Waals surface area contributed by atoms with Crippen LogP contribution in [-0.4, -0.2) is 11.9 Å². The van der Waals surface area contributed by atoms with E-state index >= 15 is 0 Å². The van der Waals surface area contributed by atoms with Crippen LogP contribution in [0.15, 0.2) is 16.7 Å². The molecule has 1 aliphatic carbocycles. The molecule has 0 aliphatic heterocycles. The molecule has 2 rings (SSSR count). The first-order chi connectivity index (χ1) is 8.22. The van der Waals surface area contributed by atoms with Gasteiger partial charge in [0.15, 0.2) is 0 Å². The van der Waals surface area contributed by atoms with E-state index in [4.69, 9.17) is 16.0 Å². The highest BCUT2D eigenvalue weighted by Gasteiger charge is 2.26. The molecule has 1 amide bonds. The molecule has 17 heavy (non-hydrogen) atoms. The molecule has 1 fully saturated rings. The summed E-state index contributed by atoms with van der Waals surface area (Å²) in [6.45, 7) is 2.18. The summed E-state index contributed by atoms with van der Waals surface area (Å²) in [5.74, 6) is 0.479. The Balaban J connectivity index is 2.00. The Labute approximate surface area is 107 Å². The molecule has 0 aromatic carbocycles. The Hall–Kier alpha value is -0.960. The van der Waals surface area contributed by atoms with Crippen LogP contribution in [0, 0.1) is 5.92 Å². The quantitative estimate of drug-likeness (QED) is 0.896. The molecule has 0 bridgehead atoms. The van der Waals surface area contributed by atoms with E-state index < -0.39 is 0 Å². The summed E-state index contributed by atoms with van der Waals surface area (Å²) >= 11 is 5.80. The first-order valence-corrected chi connectivity index (χ1v) is 6.64. The van der Waals surface area contributed by atoms with Crippen molar-refractivity contribution in [3.8, 4) is 0 Å². The number of hydrogen-bond acceptors (Lipinski definition) is 2. The maximum Gasteiger partial charge on any atom is 0.256 e. The Kier molecular flexibility index (Phi) is 4.11. The smallest absolute Gasteiger partial charge is 0.256 e. The first-order valence-electron chi connectivity index (χ1n) is 6.26. The SMILES string of the molecule is CCC1CCCCC1NC(=O)c1ccoc1Cl. The molecular formula is C13H18ClNO2. The summed E-state index contributed by atoms with van der Waals surface area (Å²) in [4.78, 5) is 12.0. The summed E-state index contributed by atoms with van der Waals surface area (Å²) in [6, 6.07) is 1.90. The van der Waals surface area contributed by atoms with E-state index in [1.165, 1.54) is 25.5 Å². The highest BCUT2D eigenvalue weighted by molar-refractivity contribution is 6.32. The van der Waals surface area contributed by atoms with Gasteiger partial charge in [-0.15, -0.1) is 0 Å². The third-order valence-electron chi connectivity index (χ3n) is 3.61. The fourth-order valence-electron chi connectivity index (χ4n) is 2.59. The predicted molar refractivity (Wildman–Crippen MR) is 67.2 cm³/mol. The minimum atomic E-state index is -0.117. The second-order valence-corrected chi connectivity index (χ2v) is 4.98. The molecule has 2 unspecified atom stereocenters. The molecule has 94 valence electrons. The average molecular weight is 256 g/mol. The second-order valence-electron chi connectivity index (χ2n) is 4.64. The van der Waals surface area contributed by atoms with Crippen LogP contribution in [-0.2, 0) is 0 Å². The maximum absolute atomic E-state index is 12.0. The summed E-state index contributed by atoms with van der Waals surface area (Å²) < 4.78 is 4.93. The van der Waals surface area contributed by atoms with Gasteiger partial charge in [0.1, 0.15) is 0 Å². The number of hydrogen-bond donors (Lipinski definition) is 1. The van der Waals surface area contributed by atoms with E-state index in [9.17, 15) is 4.79 Å². The molecule has 1 aromatic rings. The predicted octanol–water partition coefficient (Wildman–Crippen LogP) is 3.63. The molecular weight excluding hydrogens is 238 g/mol. The lowest BCUT2D eigenvalue weighted by Crippen LogP contribution is -2.41. The van der Waals surface area contributed by atoms with Crippen LogP contribution >= 0.6 is 11.6 Å². The van der Waals surface area contributed by atoms with Crippen molar-refractivity contribution in [3.05, 3.63) is 23.1 Å². The maximum atomic E-state index is 12.0. The van der Waals surface area contributed by atoms with Crippen LogP contribution < -0.4 is 5.32 Å². The van der Waals surface area contributed by atoms with Gasteiger partial charge in [0, 0.05) is 6.04 Å². The molecule has 1 saturated carbocycles. The summed E-state index contributed by atoms with van der Waals surface area (Å²) in [7, 11) is 0. The van der Waals surface area contributed by atoms with Crippen molar-refractivity contribution >= 4 is 17.5 Å². The Morgan fingerprint density at radius 3 is 2.94 bits per heavy atom. The standard InChI is InChI=1S/C13H18ClNO2/c1-2-9-5-3-4-6-11(9)15-13(16)10-7-8-17-12(10)14/h7-9,11H,2-6H2,1H3,(H,15,16). The van der Waals surface area contributed by atoms with E-state index in [-0.39, 0.29) is 17.2 Å². The molecule has 1 aromatic heterocycles. The van der Waals surface area contributed by atoms with E-state index in [1.807, 2.05) is 0 Å². The molecule has 1 N–H and O–H groups in total. The Morgan fingerprint density at radius 2 is 2.29 bits per heavy atom. The van der Waals surface area contributed by atoms with Gasteiger partial charge in [-0.05, 0) is 36.4 Å². The van der Waals surface area contributed by atoms with Gasteiger partial charge in [0.2, 0.25) is 5.22 Å². The molecule has 1 heterocycles. The molecule has 0 saturated heterocycles. The van der Waals surface area contributed by atoms with Crippen LogP contribution in [0.1, 0.15) is 49.4 Å².